The molecule has 1 N–H and O–H groups in total. The Kier molecular flexibility index (Phi) is 5.43. The van der Waals surface area contributed by atoms with Crippen molar-refractivity contribution in [3.8, 4) is 11.5 Å². The van der Waals surface area contributed by atoms with Gasteiger partial charge in [0.1, 0.15) is 17.6 Å². The molecule has 3 heteroatoms. The maximum Gasteiger partial charge on any atom is 0.124 e. The van der Waals surface area contributed by atoms with Crippen molar-refractivity contribution in [3.05, 3.63) is 36.4 Å². The summed E-state index contributed by atoms with van der Waals surface area (Å²) in [7, 11) is 1.67. The van der Waals surface area contributed by atoms with Crippen LogP contribution in [0.4, 0.5) is 0 Å². The Hall–Kier alpha value is -1.48. The van der Waals surface area contributed by atoms with Crippen LogP contribution in [0.1, 0.15) is 33.3 Å². The van der Waals surface area contributed by atoms with Crippen LogP contribution in [-0.4, -0.2) is 18.8 Å². The molecular formula is C16H25NO2. The smallest absolute Gasteiger partial charge is 0.124 e. The van der Waals surface area contributed by atoms with E-state index in [1.807, 2.05) is 25.1 Å². The maximum absolute atomic E-state index is 5.85. The number of nitrogens with one attached hydrogen (secondary N) is 1. The van der Waals surface area contributed by atoms with Crippen molar-refractivity contribution in [1.29, 1.82) is 0 Å². The molecule has 0 radical (unpaired) electrons. The average molecular weight is 263 g/mol. The predicted molar refractivity (Wildman–Crippen MR) is 79.9 cm³/mol. The molecule has 106 valence electrons. The molecule has 0 aliphatic rings. The second kappa shape index (κ2) is 6.62. The van der Waals surface area contributed by atoms with Crippen LogP contribution >= 0.6 is 0 Å². The van der Waals surface area contributed by atoms with E-state index in [0.29, 0.717) is 0 Å². The van der Waals surface area contributed by atoms with Gasteiger partial charge >= 0.3 is 0 Å². The van der Waals surface area contributed by atoms with Gasteiger partial charge in [-0.25, -0.2) is 0 Å². The Balaban J connectivity index is 2.92. The molecular weight excluding hydrogens is 238 g/mol. The molecule has 1 aromatic carbocycles. The van der Waals surface area contributed by atoms with Crippen molar-refractivity contribution < 1.29 is 9.47 Å². The number of ether oxygens (including phenoxy) is 2. The van der Waals surface area contributed by atoms with Gasteiger partial charge in [-0.2, -0.15) is 0 Å². The van der Waals surface area contributed by atoms with E-state index < -0.39 is 0 Å². The molecule has 0 aliphatic carbocycles. The lowest BCUT2D eigenvalue weighted by atomic mass is 10.1. The molecule has 1 unspecified atom stereocenters. The highest BCUT2D eigenvalue weighted by atomic mass is 16.5. The number of hydrogen-bond acceptors (Lipinski definition) is 3. The monoisotopic (exact) mass is 263 g/mol. The Morgan fingerprint density at radius 1 is 1.37 bits per heavy atom. The number of methoxy groups -OCH3 is 1. The third-order valence-corrected chi connectivity index (χ3v) is 2.72. The zero-order chi connectivity index (χ0) is 14.5. The number of benzene rings is 1. The minimum atomic E-state index is -0.0122. The summed E-state index contributed by atoms with van der Waals surface area (Å²) in [6.07, 6.45) is 1.77. The Morgan fingerprint density at radius 3 is 2.58 bits per heavy atom. The zero-order valence-corrected chi connectivity index (χ0v) is 12.6. The first-order chi connectivity index (χ1) is 8.85. The van der Waals surface area contributed by atoms with Crippen LogP contribution in [0.3, 0.4) is 0 Å². The quantitative estimate of drug-likeness (QED) is 0.796. The SMILES string of the molecule is C=CC(C)Oc1ccc(OC)cc1CNC(C)(C)C. The lowest BCUT2D eigenvalue weighted by Gasteiger charge is -2.22. The first kappa shape index (κ1) is 15.6. The van der Waals surface area contributed by atoms with Gasteiger partial charge in [-0.1, -0.05) is 12.7 Å². The van der Waals surface area contributed by atoms with E-state index in [4.69, 9.17) is 9.47 Å². The second-order valence-electron chi connectivity index (χ2n) is 5.64. The normalized spacial score (nSPS) is 12.9. The van der Waals surface area contributed by atoms with E-state index >= 15 is 0 Å². The van der Waals surface area contributed by atoms with E-state index in [1.165, 1.54) is 0 Å². The highest BCUT2D eigenvalue weighted by Crippen LogP contribution is 2.25. The van der Waals surface area contributed by atoms with Crippen LogP contribution in [0, 0.1) is 0 Å². The summed E-state index contributed by atoms with van der Waals surface area (Å²) in [6.45, 7) is 12.9. The fourth-order valence-corrected chi connectivity index (χ4v) is 1.54. The fourth-order valence-electron chi connectivity index (χ4n) is 1.54. The lowest BCUT2D eigenvalue weighted by Crippen LogP contribution is -2.35. The largest absolute Gasteiger partial charge is 0.497 e. The first-order valence-electron chi connectivity index (χ1n) is 6.57. The molecule has 1 aromatic rings. The van der Waals surface area contributed by atoms with Crippen molar-refractivity contribution in [2.75, 3.05) is 7.11 Å². The zero-order valence-electron chi connectivity index (χ0n) is 12.6. The third kappa shape index (κ3) is 5.35. The summed E-state index contributed by atoms with van der Waals surface area (Å²) in [5.41, 5.74) is 1.15. The molecule has 0 bridgehead atoms. The van der Waals surface area contributed by atoms with Crippen molar-refractivity contribution in [2.45, 2.75) is 45.9 Å². The fraction of sp³-hybridized carbons (Fsp3) is 0.500. The van der Waals surface area contributed by atoms with E-state index in [0.717, 1.165) is 23.6 Å². The van der Waals surface area contributed by atoms with Gasteiger partial charge in [-0.15, -0.1) is 0 Å². The van der Waals surface area contributed by atoms with E-state index in [-0.39, 0.29) is 11.6 Å². The molecule has 0 aliphatic heterocycles. The highest BCUT2D eigenvalue weighted by Gasteiger charge is 2.13. The average Bonchev–Trinajstić information content (AvgIpc) is 2.36. The molecule has 1 atom stereocenters. The Morgan fingerprint density at radius 2 is 2.05 bits per heavy atom. The standard InChI is InChI=1S/C16H25NO2/c1-7-12(2)19-15-9-8-14(18-6)10-13(15)11-17-16(3,4)5/h7-10,12,17H,1,11H2,2-6H3. The molecule has 19 heavy (non-hydrogen) atoms. The lowest BCUT2D eigenvalue weighted by molar-refractivity contribution is 0.265. The molecule has 0 fully saturated rings. The number of hydrogen-bond donors (Lipinski definition) is 1. The minimum Gasteiger partial charge on any atom is -0.497 e. The number of rotatable bonds is 6. The van der Waals surface area contributed by atoms with Gasteiger partial charge in [0.05, 0.1) is 7.11 Å². The first-order valence-corrected chi connectivity index (χ1v) is 6.57. The van der Waals surface area contributed by atoms with Crippen molar-refractivity contribution in [1.82, 2.24) is 5.32 Å². The Bertz CT molecular complexity index is 421. The van der Waals surface area contributed by atoms with Gasteiger partial charge in [0.15, 0.2) is 0 Å². The van der Waals surface area contributed by atoms with E-state index in [1.54, 1.807) is 13.2 Å². The van der Waals surface area contributed by atoms with E-state index in [9.17, 15) is 0 Å². The highest BCUT2D eigenvalue weighted by molar-refractivity contribution is 5.40. The molecule has 0 amide bonds. The molecule has 1 rings (SSSR count). The van der Waals surface area contributed by atoms with Gasteiger partial charge in [0.2, 0.25) is 0 Å². The van der Waals surface area contributed by atoms with Crippen LogP contribution in [0.5, 0.6) is 11.5 Å². The third-order valence-electron chi connectivity index (χ3n) is 2.72. The summed E-state index contributed by atoms with van der Waals surface area (Å²) in [4.78, 5) is 0. The van der Waals surface area contributed by atoms with Crippen LogP contribution < -0.4 is 14.8 Å². The van der Waals surface area contributed by atoms with Crippen LogP contribution in [0.15, 0.2) is 30.9 Å². The topological polar surface area (TPSA) is 30.5 Å². The molecule has 0 aromatic heterocycles. The summed E-state index contributed by atoms with van der Waals surface area (Å²) in [6, 6.07) is 5.86. The molecule has 0 heterocycles. The van der Waals surface area contributed by atoms with Crippen molar-refractivity contribution >= 4 is 0 Å². The van der Waals surface area contributed by atoms with Crippen LogP contribution in [0.2, 0.25) is 0 Å². The maximum atomic E-state index is 5.85. The van der Waals surface area contributed by atoms with Crippen LogP contribution in [0.25, 0.3) is 0 Å². The van der Waals surface area contributed by atoms with Crippen molar-refractivity contribution in [2.24, 2.45) is 0 Å². The summed E-state index contributed by atoms with van der Waals surface area (Å²) in [5, 5.41) is 3.46. The molecule has 0 saturated carbocycles. The molecule has 3 nitrogen and oxygen atoms in total. The van der Waals surface area contributed by atoms with Gasteiger partial charge in [0, 0.05) is 17.6 Å². The summed E-state index contributed by atoms with van der Waals surface area (Å²) in [5.74, 6) is 1.70. The summed E-state index contributed by atoms with van der Waals surface area (Å²) >= 11 is 0. The van der Waals surface area contributed by atoms with E-state index in [2.05, 4.69) is 32.7 Å². The van der Waals surface area contributed by atoms with Gasteiger partial charge < -0.3 is 14.8 Å². The minimum absolute atomic E-state index is 0.0122. The van der Waals surface area contributed by atoms with Gasteiger partial charge in [0.25, 0.3) is 0 Å². The predicted octanol–water partition coefficient (Wildman–Crippen LogP) is 3.54. The van der Waals surface area contributed by atoms with Crippen LogP contribution in [-0.2, 0) is 6.54 Å². The van der Waals surface area contributed by atoms with Gasteiger partial charge in [-0.05, 0) is 45.9 Å². The second-order valence-corrected chi connectivity index (χ2v) is 5.64. The summed E-state index contributed by atoms with van der Waals surface area (Å²) < 4.78 is 11.1. The molecule has 0 saturated heterocycles. The Labute approximate surface area is 116 Å². The molecule has 0 spiro atoms. The van der Waals surface area contributed by atoms with Gasteiger partial charge in [-0.3, -0.25) is 0 Å². The van der Waals surface area contributed by atoms with Crippen molar-refractivity contribution in [3.63, 3.8) is 0 Å².